The number of carbonyl (C=O) groups excluding carboxylic acids is 2. The fourth-order valence-electron chi connectivity index (χ4n) is 2.51. The maximum absolute atomic E-state index is 12.2. The van der Waals surface area contributed by atoms with Crippen molar-refractivity contribution in [1.29, 1.82) is 0 Å². The van der Waals surface area contributed by atoms with Crippen molar-refractivity contribution in [1.82, 2.24) is 5.32 Å². The molecule has 0 saturated heterocycles. The minimum atomic E-state index is -0.179. The monoisotopic (exact) mass is 340 g/mol. The van der Waals surface area contributed by atoms with Crippen LogP contribution in [0.3, 0.4) is 0 Å². The molecule has 0 unspecified atom stereocenters. The maximum Gasteiger partial charge on any atom is 0.251 e. The Morgan fingerprint density at radius 2 is 1.72 bits per heavy atom. The van der Waals surface area contributed by atoms with Crippen LogP contribution in [0.1, 0.15) is 29.3 Å². The molecule has 0 atom stereocenters. The zero-order valence-corrected chi connectivity index (χ0v) is 14.0. The number of fused-ring (bicyclic) bond motifs is 1. The predicted octanol–water partition coefficient (Wildman–Crippen LogP) is 2.74. The molecular formula is C19H20N2O4. The summed E-state index contributed by atoms with van der Waals surface area (Å²) in [5, 5.41) is 5.54. The number of rotatable bonds is 4. The van der Waals surface area contributed by atoms with E-state index in [1.165, 1.54) is 6.92 Å². The van der Waals surface area contributed by atoms with Crippen molar-refractivity contribution in [3.63, 3.8) is 0 Å². The van der Waals surface area contributed by atoms with Gasteiger partial charge in [0, 0.05) is 31.1 Å². The summed E-state index contributed by atoms with van der Waals surface area (Å²) in [6.45, 7) is 3.11. The molecule has 6 nitrogen and oxygen atoms in total. The molecule has 2 amide bonds. The minimum Gasteiger partial charge on any atom is -0.490 e. The second-order valence-electron chi connectivity index (χ2n) is 5.77. The average Bonchev–Trinajstić information content (AvgIpc) is 2.84. The first kappa shape index (κ1) is 16.8. The van der Waals surface area contributed by atoms with Crippen molar-refractivity contribution in [2.24, 2.45) is 0 Å². The van der Waals surface area contributed by atoms with Crippen molar-refractivity contribution in [3.8, 4) is 11.5 Å². The third-order valence-corrected chi connectivity index (χ3v) is 3.73. The summed E-state index contributed by atoms with van der Waals surface area (Å²) in [6.07, 6.45) is 0.856. The quantitative estimate of drug-likeness (QED) is 0.897. The van der Waals surface area contributed by atoms with E-state index in [0.717, 1.165) is 17.7 Å². The van der Waals surface area contributed by atoms with Crippen LogP contribution >= 0.6 is 0 Å². The number of amides is 2. The van der Waals surface area contributed by atoms with Crippen LogP contribution in [0, 0.1) is 0 Å². The van der Waals surface area contributed by atoms with E-state index in [-0.39, 0.29) is 11.8 Å². The van der Waals surface area contributed by atoms with Gasteiger partial charge in [0.1, 0.15) is 0 Å². The standard InChI is InChI=1S/C19H20N2O4/c1-13(22)21-16-6-4-15(5-7-16)19(23)20-12-14-3-8-17-18(11-14)25-10-2-9-24-17/h3-8,11H,2,9-10,12H2,1H3,(H,20,23)(H,21,22). The highest BCUT2D eigenvalue weighted by molar-refractivity contribution is 5.95. The second-order valence-corrected chi connectivity index (χ2v) is 5.77. The highest BCUT2D eigenvalue weighted by Gasteiger charge is 2.11. The fraction of sp³-hybridized carbons (Fsp3) is 0.263. The Labute approximate surface area is 146 Å². The number of hydrogen-bond donors (Lipinski definition) is 2. The molecule has 0 fully saturated rings. The summed E-state index contributed by atoms with van der Waals surface area (Å²) in [5.74, 6) is 1.12. The third kappa shape index (κ3) is 4.50. The van der Waals surface area contributed by atoms with Gasteiger partial charge in [-0.2, -0.15) is 0 Å². The zero-order valence-electron chi connectivity index (χ0n) is 14.0. The Kier molecular flexibility index (Phi) is 5.18. The first-order valence-electron chi connectivity index (χ1n) is 8.16. The summed E-state index contributed by atoms with van der Waals surface area (Å²) in [4.78, 5) is 23.2. The van der Waals surface area contributed by atoms with E-state index < -0.39 is 0 Å². The Bertz CT molecular complexity index is 771. The van der Waals surface area contributed by atoms with E-state index >= 15 is 0 Å². The molecule has 0 spiro atoms. The molecule has 25 heavy (non-hydrogen) atoms. The van der Waals surface area contributed by atoms with E-state index in [9.17, 15) is 9.59 Å². The molecule has 2 aromatic carbocycles. The molecule has 0 aliphatic carbocycles. The average molecular weight is 340 g/mol. The molecule has 6 heteroatoms. The topological polar surface area (TPSA) is 76.7 Å². The maximum atomic E-state index is 12.2. The van der Waals surface area contributed by atoms with Crippen molar-refractivity contribution >= 4 is 17.5 Å². The Morgan fingerprint density at radius 1 is 1.00 bits per heavy atom. The Morgan fingerprint density at radius 3 is 2.44 bits per heavy atom. The SMILES string of the molecule is CC(=O)Nc1ccc(C(=O)NCc2ccc3c(c2)OCCCO3)cc1. The van der Waals surface area contributed by atoms with Gasteiger partial charge in [-0.15, -0.1) is 0 Å². The lowest BCUT2D eigenvalue weighted by atomic mass is 10.1. The molecule has 0 radical (unpaired) electrons. The molecule has 1 aliphatic heterocycles. The number of anilines is 1. The molecule has 0 aromatic heterocycles. The van der Waals surface area contributed by atoms with Gasteiger partial charge in [-0.05, 0) is 42.0 Å². The number of ether oxygens (including phenoxy) is 2. The number of hydrogen-bond acceptors (Lipinski definition) is 4. The van der Waals surface area contributed by atoms with Gasteiger partial charge >= 0.3 is 0 Å². The summed E-state index contributed by atoms with van der Waals surface area (Å²) < 4.78 is 11.2. The summed E-state index contributed by atoms with van der Waals surface area (Å²) >= 11 is 0. The van der Waals surface area contributed by atoms with Crippen LogP contribution in [0.15, 0.2) is 42.5 Å². The predicted molar refractivity (Wildman–Crippen MR) is 94.0 cm³/mol. The van der Waals surface area contributed by atoms with Crippen LogP contribution < -0.4 is 20.1 Å². The smallest absolute Gasteiger partial charge is 0.251 e. The van der Waals surface area contributed by atoms with Crippen LogP contribution in [0.25, 0.3) is 0 Å². The number of benzene rings is 2. The fourth-order valence-corrected chi connectivity index (χ4v) is 2.51. The highest BCUT2D eigenvalue weighted by Crippen LogP contribution is 2.30. The largest absolute Gasteiger partial charge is 0.490 e. The normalized spacial score (nSPS) is 12.8. The molecule has 2 N–H and O–H groups in total. The third-order valence-electron chi connectivity index (χ3n) is 3.73. The Hall–Kier alpha value is -3.02. The molecule has 0 saturated carbocycles. The van der Waals surface area contributed by atoms with E-state index in [1.54, 1.807) is 24.3 Å². The zero-order chi connectivity index (χ0) is 17.6. The van der Waals surface area contributed by atoms with E-state index in [2.05, 4.69) is 10.6 Å². The van der Waals surface area contributed by atoms with E-state index in [4.69, 9.17) is 9.47 Å². The van der Waals surface area contributed by atoms with Gasteiger partial charge in [-0.3, -0.25) is 9.59 Å². The molecule has 2 aromatic rings. The van der Waals surface area contributed by atoms with Crippen LogP contribution in [0.4, 0.5) is 5.69 Å². The molecule has 1 heterocycles. The first-order valence-corrected chi connectivity index (χ1v) is 8.16. The summed E-state index contributed by atoms with van der Waals surface area (Å²) in [6, 6.07) is 12.4. The molecule has 1 aliphatic rings. The van der Waals surface area contributed by atoms with E-state index in [1.807, 2.05) is 18.2 Å². The molecule has 3 rings (SSSR count). The first-order chi connectivity index (χ1) is 12.1. The lowest BCUT2D eigenvalue weighted by Gasteiger charge is -2.10. The van der Waals surface area contributed by atoms with Gasteiger partial charge < -0.3 is 20.1 Å². The number of carbonyl (C=O) groups is 2. The second kappa shape index (κ2) is 7.70. The Balaban J connectivity index is 1.60. The molecule has 130 valence electrons. The van der Waals surface area contributed by atoms with Gasteiger partial charge in [0.15, 0.2) is 11.5 Å². The number of nitrogens with one attached hydrogen (secondary N) is 2. The summed E-state index contributed by atoms with van der Waals surface area (Å²) in [5.41, 5.74) is 2.13. The van der Waals surface area contributed by atoms with Crippen LogP contribution in [0.2, 0.25) is 0 Å². The van der Waals surface area contributed by atoms with Crippen molar-refractivity contribution in [3.05, 3.63) is 53.6 Å². The van der Waals surface area contributed by atoms with Crippen molar-refractivity contribution < 1.29 is 19.1 Å². The highest BCUT2D eigenvalue weighted by atomic mass is 16.5. The van der Waals surface area contributed by atoms with Crippen LogP contribution in [-0.2, 0) is 11.3 Å². The van der Waals surface area contributed by atoms with Crippen LogP contribution in [-0.4, -0.2) is 25.0 Å². The van der Waals surface area contributed by atoms with Crippen LogP contribution in [0.5, 0.6) is 11.5 Å². The summed E-state index contributed by atoms with van der Waals surface area (Å²) in [7, 11) is 0. The van der Waals surface area contributed by atoms with Gasteiger partial charge in [-0.1, -0.05) is 6.07 Å². The van der Waals surface area contributed by atoms with Crippen molar-refractivity contribution in [2.75, 3.05) is 18.5 Å². The lowest BCUT2D eigenvalue weighted by molar-refractivity contribution is -0.114. The minimum absolute atomic E-state index is 0.147. The van der Waals surface area contributed by atoms with Crippen molar-refractivity contribution in [2.45, 2.75) is 19.9 Å². The van der Waals surface area contributed by atoms with Gasteiger partial charge in [-0.25, -0.2) is 0 Å². The van der Waals surface area contributed by atoms with Gasteiger partial charge in [0.25, 0.3) is 5.91 Å². The van der Waals surface area contributed by atoms with E-state index in [0.29, 0.717) is 36.8 Å². The molecule has 0 bridgehead atoms. The molecular weight excluding hydrogens is 320 g/mol. The lowest BCUT2D eigenvalue weighted by Crippen LogP contribution is -2.22. The van der Waals surface area contributed by atoms with Gasteiger partial charge in [0.05, 0.1) is 13.2 Å². The van der Waals surface area contributed by atoms with Gasteiger partial charge in [0.2, 0.25) is 5.91 Å².